The van der Waals surface area contributed by atoms with Gasteiger partial charge in [0.2, 0.25) is 0 Å². The van der Waals surface area contributed by atoms with Crippen LogP contribution in [0.3, 0.4) is 0 Å². The van der Waals surface area contributed by atoms with Gasteiger partial charge in [0.1, 0.15) is 0 Å². The summed E-state index contributed by atoms with van der Waals surface area (Å²) >= 11 is 4.00. The molecule has 0 atom stereocenters. The summed E-state index contributed by atoms with van der Waals surface area (Å²) in [6.07, 6.45) is 0. The zero-order valence-electron chi connectivity index (χ0n) is 2.52. The van der Waals surface area contributed by atoms with Gasteiger partial charge < -0.3 is 0 Å². The van der Waals surface area contributed by atoms with Crippen LogP contribution in [0.25, 0.3) is 0 Å². The molecule has 0 N–H and O–H groups in total. The number of hydrogen-bond donors (Lipinski definition) is 0. The molecule has 0 aromatic carbocycles. The summed E-state index contributed by atoms with van der Waals surface area (Å²) in [6, 6.07) is 0. The largest absolute Gasteiger partial charge is 0 e. The van der Waals surface area contributed by atoms with E-state index in [1.807, 2.05) is 31.9 Å². The van der Waals surface area contributed by atoms with Gasteiger partial charge in [-0.1, -0.05) is 0 Å². The SMILES string of the molecule is [O]=[Fe].[O]=[Fe].[Zr].[Zr]. The molecular formula is Fe2O2Zr2. The molecule has 0 radical (unpaired) electrons. The van der Waals surface area contributed by atoms with E-state index in [1.165, 1.54) is 0 Å². The quantitative estimate of drug-likeness (QED) is 0.576. The molecule has 0 aromatic rings. The first-order valence-electron chi connectivity index (χ1n) is 0.289. The van der Waals surface area contributed by atoms with E-state index in [0.29, 0.717) is 0 Å². The Morgan fingerprint density at radius 3 is 0.667 bits per heavy atom. The summed E-state index contributed by atoms with van der Waals surface area (Å²) in [5.41, 5.74) is 0. The maximum Gasteiger partial charge on any atom is 0 e. The van der Waals surface area contributed by atoms with E-state index in [-0.39, 0.29) is 52.4 Å². The van der Waals surface area contributed by atoms with Gasteiger partial charge in [0.05, 0.1) is 0 Å². The Morgan fingerprint density at radius 2 is 0.667 bits per heavy atom. The standard InChI is InChI=1S/2Fe.2O.2Zr. The van der Waals surface area contributed by atoms with E-state index in [4.69, 9.17) is 7.67 Å². The maximum absolute atomic E-state index is 8.00. The smallest absolute Gasteiger partial charge is 0 e. The minimum atomic E-state index is 0. The number of hydrogen-bond acceptors (Lipinski definition) is 2. The van der Waals surface area contributed by atoms with Crippen molar-refractivity contribution in [3.63, 3.8) is 0 Å². The second kappa shape index (κ2) is 52.5. The molecule has 0 aliphatic heterocycles. The Hall–Kier alpha value is 2.41. The summed E-state index contributed by atoms with van der Waals surface area (Å²) in [7, 11) is 0. The summed E-state index contributed by atoms with van der Waals surface area (Å²) in [6.45, 7) is 0. The molecule has 0 spiro atoms. The van der Waals surface area contributed by atoms with Crippen molar-refractivity contribution in [3.05, 3.63) is 0 Å². The van der Waals surface area contributed by atoms with E-state index in [9.17, 15) is 0 Å². The predicted molar refractivity (Wildman–Crippen MR) is 1.37 cm³/mol. The third kappa shape index (κ3) is 32.3. The van der Waals surface area contributed by atoms with Crippen LogP contribution in [-0.2, 0) is 92.0 Å². The van der Waals surface area contributed by atoms with Crippen LogP contribution in [0.15, 0.2) is 0 Å². The molecule has 0 amide bonds. The van der Waals surface area contributed by atoms with Gasteiger partial charge in [-0.25, -0.2) is 0 Å². The molecule has 36 valence electrons. The Balaban J connectivity index is -0.00000000500. The van der Waals surface area contributed by atoms with Crippen LogP contribution in [-0.4, -0.2) is 0 Å². The van der Waals surface area contributed by atoms with Gasteiger partial charge in [-0.15, -0.1) is 0 Å². The third-order valence-corrected chi connectivity index (χ3v) is 0. The van der Waals surface area contributed by atoms with Crippen molar-refractivity contribution < 1.29 is 92.0 Å². The fourth-order valence-corrected chi connectivity index (χ4v) is 0. The zero-order chi connectivity index (χ0) is 4.00. The minimum Gasteiger partial charge on any atom is 0 e. The van der Waals surface area contributed by atoms with E-state index < -0.39 is 0 Å². The van der Waals surface area contributed by atoms with Crippen LogP contribution in [0.1, 0.15) is 0 Å². The molecule has 6 heavy (non-hydrogen) atoms. The molecule has 0 heterocycles. The van der Waals surface area contributed by atoms with Crippen LogP contribution >= 0.6 is 0 Å². The van der Waals surface area contributed by atoms with Crippen LogP contribution in [0.5, 0.6) is 0 Å². The maximum atomic E-state index is 8.00. The second-order valence-corrected chi connectivity index (χ2v) is 0. The molecule has 2 nitrogen and oxygen atoms in total. The van der Waals surface area contributed by atoms with Crippen molar-refractivity contribution in [1.29, 1.82) is 0 Å². The average Bonchev–Trinajstić information content (AvgIpc) is 1.50. The van der Waals surface area contributed by atoms with Crippen molar-refractivity contribution in [2.24, 2.45) is 0 Å². The zero-order valence-corrected chi connectivity index (χ0v) is 9.65. The van der Waals surface area contributed by atoms with Gasteiger partial charge in [0, 0.05) is 52.4 Å². The predicted octanol–water partition coefficient (Wildman–Crippen LogP) is -0.248. The molecule has 6 heteroatoms. The van der Waals surface area contributed by atoms with Gasteiger partial charge >= 0.3 is 39.6 Å². The van der Waals surface area contributed by atoms with Crippen molar-refractivity contribution in [2.75, 3.05) is 0 Å². The van der Waals surface area contributed by atoms with E-state index >= 15 is 0 Å². The first-order valence-corrected chi connectivity index (χ1v) is 1.19. The normalized spacial score (nSPS) is 1.67. The fourth-order valence-electron chi connectivity index (χ4n) is 0. The molecule has 0 saturated heterocycles. The van der Waals surface area contributed by atoms with E-state index in [0.717, 1.165) is 0 Å². The molecule has 0 rings (SSSR count). The van der Waals surface area contributed by atoms with Crippen LogP contribution in [0, 0.1) is 0 Å². The first kappa shape index (κ1) is 23.8. The van der Waals surface area contributed by atoms with Crippen LogP contribution in [0.2, 0.25) is 0 Å². The summed E-state index contributed by atoms with van der Waals surface area (Å²) < 4.78 is 16.0. The van der Waals surface area contributed by atoms with E-state index in [2.05, 4.69) is 0 Å². The van der Waals surface area contributed by atoms with Gasteiger partial charge in [0.25, 0.3) is 0 Å². The average molecular weight is 326 g/mol. The van der Waals surface area contributed by atoms with Gasteiger partial charge in [0.15, 0.2) is 0 Å². The Kier molecular flexibility index (Phi) is 208. The summed E-state index contributed by atoms with van der Waals surface area (Å²) in [4.78, 5) is 0. The minimum absolute atomic E-state index is 0. The molecule has 0 unspecified atom stereocenters. The van der Waals surface area contributed by atoms with Crippen molar-refractivity contribution >= 4 is 0 Å². The topological polar surface area (TPSA) is 34.1 Å². The monoisotopic (exact) mass is 324 g/mol. The van der Waals surface area contributed by atoms with Crippen molar-refractivity contribution in [1.82, 2.24) is 0 Å². The Morgan fingerprint density at radius 1 is 0.667 bits per heavy atom. The summed E-state index contributed by atoms with van der Waals surface area (Å²) in [5.74, 6) is 0. The van der Waals surface area contributed by atoms with Gasteiger partial charge in [-0.2, -0.15) is 0 Å². The molecule has 0 saturated carbocycles. The number of rotatable bonds is 0. The van der Waals surface area contributed by atoms with Gasteiger partial charge in [-0.05, 0) is 0 Å². The Labute approximate surface area is 90.5 Å². The van der Waals surface area contributed by atoms with Crippen molar-refractivity contribution in [3.8, 4) is 0 Å². The van der Waals surface area contributed by atoms with Crippen molar-refractivity contribution in [2.45, 2.75) is 0 Å². The third-order valence-electron chi connectivity index (χ3n) is 0. The molecule has 0 fully saturated rings. The molecule has 0 aromatic heterocycles. The van der Waals surface area contributed by atoms with Crippen LogP contribution in [0.4, 0.5) is 0 Å². The molecule has 0 aliphatic rings. The van der Waals surface area contributed by atoms with E-state index in [1.54, 1.807) is 0 Å². The first-order chi connectivity index (χ1) is 2.00. The fraction of sp³-hybridized carbons (Fsp3) is 0. The Bertz CT molecular complexity index is 11.5. The summed E-state index contributed by atoms with van der Waals surface area (Å²) in [5, 5.41) is 0. The molecular weight excluding hydrogens is 326 g/mol. The molecule has 0 bridgehead atoms. The second-order valence-electron chi connectivity index (χ2n) is 0. The van der Waals surface area contributed by atoms with Gasteiger partial charge in [-0.3, -0.25) is 0 Å². The van der Waals surface area contributed by atoms with Crippen LogP contribution < -0.4 is 0 Å². The molecule has 0 aliphatic carbocycles.